The smallest absolute Gasteiger partial charge is 0.0570 e. The minimum atomic E-state index is 0.749. The van der Waals surface area contributed by atoms with Gasteiger partial charge in [-0.15, -0.1) is 0 Å². The van der Waals surface area contributed by atoms with Crippen molar-refractivity contribution >= 4 is 17.1 Å². The van der Waals surface area contributed by atoms with Crippen molar-refractivity contribution in [1.82, 2.24) is 4.98 Å². The summed E-state index contributed by atoms with van der Waals surface area (Å²) >= 11 is 0. The van der Waals surface area contributed by atoms with Crippen molar-refractivity contribution in [3.63, 3.8) is 0 Å². The summed E-state index contributed by atoms with van der Waals surface area (Å²) in [5.74, 6) is 0. The monoisotopic (exact) mass is 185 g/mol. The fourth-order valence-electron chi connectivity index (χ4n) is 1.22. The lowest BCUT2D eigenvalue weighted by atomic mass is 10.3. The van der Waals surface area contributed by atoms with Gasteiger partial charge in [-0.1, -0.05) is 6.07 Å². The maximum absolute atomic E-state index is 5.66. The van der Waals surface area contributed by atoms with E-state index in [-0.39, 0.29) is 0 Å². The van der Waals surface area contributed by atoms with E-state index in [4.69, 9.17) is 5.73 Å². The number of aromatic nitrogens is 1. The summed E-state index contributed by atoms with van der Waals surface area (Å²) in [5.41, 5.74) is 8.33. The Morgan fingerprint density at radius 1 is 1.07 bits per heavy atom. The second-order valence-electron chi connectivity index (χ2n) is 2.99. The SMILES string of the molecule is Nc1cccc(Nc2cccnc2)c1. The molecule has 1 aromatic heterocycles. The number of anilines is 3. The van der Waals surface area contributed by atoms with Crippen molar-refractivity contribution in [2.45, 2.75) is 0 Å². The molecule has 1 heterocycles. The molecule has 0 saturated carbocycles. The fourth-order valence-corrected chi connectivity index (χ4v) is 1.22. The van der Waals surface area contributed by atoms with E-state index in [0.29, 0.717) is 0 Å². The molecule has 2 aromatic rings. The first-order valence-electron chi connectivity index (χ1n) is 4.37. The van der Waals surface area contributed by atoms with Crippen LogP contribution in [0.1, 0.15) is 0 Å². The van der Waals surface area contributed by atoms with Crippen LogP contribution in [0.15, 0.2) is 48.8 Å². The molecule has 14 heavy (non-hydrogen) atoms. The normalized spacial score (nSPS) is 9.71. The zero-order valence-corrected chi connectivity index (χ0v) is 7.64. The standard InChI is InChI=1S/C11H11N3/c12-9-3-1-4-10(7-9)14-11-5-2-6-13-8-11/h1-8,14H,12H2. The Labute approximate surface area is 82.6 Å². The van der Waals surface area contributed by atoms with Gasteiger partial charge in [-0.05, 0) is 30.3 Å². The summed E-state index contributed by atoms with van der Waals surface area (Å²) in [6, 6.07) is 11.4. The Balaban J connectivity index is 2.19. The van der Waals surface area contributed by atoms with Gasteiger partial charge in [-0.25, -0.2) is 0 Å². The van der Waals surface area contributed by atoms with Crippen LogP contribution < -0.4 is 11.1 Å². The van der Waals surface area contributed by atoms with Crippen molar-refractivity contribution in [2.24, 2.45) is 0 Å². The van der Waals surface area contributed by atoms with Gasteiger partial charge in [-0.2, -0.15) is 0 Å². The highest BCUT2D eigenvalue weighted by Crippen LogP contribution is 2.17. The van der Waals surface area contributed by atoms with E-state index >= 15 is 0 Å². The van der Waals surface area contributed by atoms with Crippen LogP contribution in [0.3, 0.4) is 0 Å². The first kappa shape index (κ1) is 8.56. The molecule has 0 spiro atoms. The van der Waals surface area contributed by atoms with Crippen LogP contribution in [-0.4, -0.2) is 4.98 Å². The van der Waals surface area contributed by atoms with E-state index < -0.39 is 0 Å². The Hall–Kier alpha value is -2.03. The Bertz CT molecular complexity index is 412. The third kappa shape index (κ3) is 2.01. The topological polar surface area (TPSA) is 50.9 Å². The predicted molar refractivity (Wildman–Crippen MR) is 58.4 cm³/mol. The number of rotatable bonds is 2. The Morgan fingerprint density at radius 2 is 1.93 bits per heavy atom. The molecule has 0 aliphatic heterocycles. The first-order chi connectivity index (χ1) is 6.84. The van der Waals surface area contributed by atoms with E-state index in [1.807, 2.05) is 36.4 Å². The van der Waals surface area contributed by atoms with Crippen molar-refractivity contribution in [3.05, 3.63) is 48.8 Å². The number of benzene rings is 1. The molecule has 1 aromatic carbocycles. The van der Waals surface area contributed by atoms with Crippen molar-refractivity contribution < 1.29 is 0 Å². The quantitative estimate of drug-likeness (QED) is 0.706. The van der Waals surface area contributed by atoms with Gasteiger partial charge in [0.2, 0.25) is 0 Å². The van der Waals surface area contributed by atoms with Gasteiger partial charge in [0.05, 0.1) is 11.9 Å². The lowest BCUT2D eigenvalue weighted by Gasteiger charge is -2.05. The maximum Gasteiger partial charge on any atom is 0.0570 e. The summed E-state index contributed by atoms with van der Waals surface area (Å²) < 4.78 is 0. The van der Waals surface area contributed by atoms with Crippen molar-refractivity contribution in [1.29, 1.82) is 0 Å². The summed E-state index contributed by atoms with van der Waals surface area (Å²) in [5, 5.41) is 3.20. The number of nitrogens with two attached hydrogens (primary N) is 1. The van der Waals surface area contributed by atoms with Crippen LogP contribution in [0, 0.1) is 0 Å². The van der Waals surface area contributed by atoms with Crippen molar-refractivity contribution in [3.8, 4) is 0 Å². The minimum Gasteiger partial charge on any atom is -0.399 e. The molecule has 3 nitrogen and oxygen atoms in total. The predicted octanol–water partition coefficient (Wildman–Crippen LogP) is 2.41. The zero-order chi connectivity index (χ0) is 9.80. The van der Waals surface area contributed by atoms with Crippen molar-refractivity contribution in [2.75, 3.05) is 11.1 Å². The van der Waals surface area contributed by atoms with Crippen LogP contribution in [-0.2, 0) is 0 Å². The number of nitrogens with zero attached hydrogens (tertiary/aromatic N) is 1. The molecular formula is C11H11N3. The number of hydrogen-bond acceptors (Lipinski definition) is 3. The van der Waals surface area contributed by atoms with Crippen LogP contribution in [0.5, 0.6) is 0 Å². The van der Waals surface area contributed by atoms with Gasteiger partial charge < -0.3 is 11.1 Å². The lowest BCUT2D eigenvalue weighted by Crippen LogP contribution is -1.92. The molecule has 0 aliphatic carbocycles. The van der Waals surface area contributed by atoms with Gasteiger partial charge in [0.1, 0.15) is 0 Å². The first-order valence-corrected chi connectivity index (χ1v) is 4.37. The number of nitrogens with one attached hydrogen (secondary N) is 1. The fraction of sp³-hybridized carbons (Fsp3) is 0. The highest BCUT2D eigenvalue weighted by atomic mass is 14.9. The lowest BCUT2D eigenvalue weighted by molar-refractivity contribution is 1.32. The molecule has 0 saturated heterocycles. The molecule has 3 heteroatoms. The molecule has 0 bridgehead atoms. The maximum atomic E-state index is 5.66. The highest BCUT2D eigenvalue weighted by molar-refractivity contribution is 5.62. The van der Waals surface area contributed by atoms with Gasteiger partial charge in [-0.3, -0.25) is 4.98 Å². The average molecular weight is 185 g/mol. The molecule has 0 radical (unpaired) electrons. The molecule has 0 amide bonds. The summed E-state index contributed by atoms with van der Waals surface area (Å²) in [6.07, 6.45) is 3.51. The van der Waals surface area contributed by atoms with Crippen LogP contribution in [0.4, 0.5) is 17.1 Å². The van der Waals surface area contributed by atoms with Gasteiger partial charge in [0.15, 0.2) is 0 Å². The van der Waals surface area contributed by atoms with Crippen LogP contribution in [0.25, 0.3) is 0 Å². The minimum absolute atomic E-state index is 0.749. The summed E-state index contributed by atoms with van der Waals surface area (Å²) in [6.45, 7) is 0. The largest absolute Gasteiger partial charge is 0.399 e. The molecule has 0 fully saturated rings. The molecule has 70 valence electrons. The summed E-state index contributed by atoms with van der Waals surface area (Å²) in [4.78, 5) is 4.01. The van der Waals surface area contributed by atoms with E-state index in [9.17, 15) is 0 Å². The van der Waals surface area contributed by atoms with Gasteiger partial charge >= 0.3 is 0 Å². The average Bonchev–Trinajstić information content (AvgIpc) is 2.19. The highest BCUT2D eigenvalue weighted by Gasteiger charge is 1.93. The molecule has 3 N–H and O–H groups in total. The summed E-state index contributed by atoms with van der Waals surface area (Å²) in [7, 11) is 0. The number of pyridine rings is 1. The molecule has 0 unspecified atom stereocenters. The van der Waals surface area contributed by atoms with E-state index in [1.54, 1.807) is 12.4 Å². The van der Waals surface area contributed by atoms with Gasteiger partial charge in [0.25, 0.3) is 0 Å². The number of hydrogen-bond donors (Lipinski definition) is 2. The van der Waals surface area contributed by atoms with Crippen LogP contribution in [0.2, 0.25) is 0 Å². The third-order valence-corrected chi connectivity index (χ3v) is 1.84. The molecular weight excluding hydrogens is 174 g/mol. The third-order valence-electron chi connectivity index (χ3n) is 1.84. The Kier molecular flexibility index (Phi) is 2.32. The second kappa shape index (κ2) is 3.79. The molecule has 0 atom stereocenters. The van der Waals surface area contributed by atoms with E-state index in [2.05, 4.69) is 10.3 Å². The number of nitrogen functional groups attached to an aromatic ring is 1. The van der Waals surface area contributed by atoms with Crippen LogP contribution >= 0.6 is 0 Å². The second-order valence-corrected chi connectivity index (χ2v) is 2.99. The molecule has 2 rings (SSSR count). The van der Waals surface area contributed by atoms with E-state index in [0.717, 1.165) is 17.1 Å². The van der Waals surface area contributed by atoms with Gasteiger partial charge in [0, 0.05) is 17.6 Å². The zero-order valence-electron chi connectivity index (χ0n) is 7.64. The Morgan fingerprint density at radius 3 is 2.64 bits per heavy atom. The van der Waals surface area contributed by atoms with E-state index in [1.165, 1.54) is 0 Å². The molecule has 0 aliphatic rings.